The molecule has 1 N–H and O–H groups in total. The molecule has 0 spiro atoms. The van der Waals surface area contributed by atoms with E-state index in [2.05, 4.69) is 40.2 Å². The zero-order valence-corrected chi connectivity index (χ0v) is 12.2. The first kappa shape index (κ1) is 13.3. The molecule has 1 unspecified atom stereocenters. The summed E-state index contributed by atoms with van der Waals surface area (Å²) in [4.78, 5) is 11.0. The van der Waals surface area contributed by atoms with Gasteiger partial charge in [-0.2, -0.15) is 0 Å². The van der Waals surface area contributed by atoms with Crippen molar-refractivity contribution in [1.29, 1.82) is 0 Å². The highest BCUT2D eigenvalue weighted by atomic mass is 35.5. The summed E-state index contributed by atoms with van der Waals surface area (Å²) in [6.07, 6.45) is 4.14. The van der Waals surface area contributed by atoms with Crippen molar-refractivity contribution < 1.29 is 4.79 Å². The zero-order valence-electron chi connectivity index (χ0n) is 11.4. The van der Waals surface area contributed by atoms with Crippen LogP contribution in [0.4, 0.5) is 0 Å². The molecule has 0 aliphatic heterocycles. The molecule has 0 saturated heterocycles. The molecule has 1 atom stereocenters. The second-order valence-electron chi connectivity index (χ2n) is 5.13. The van der Waals surface area contributed by atoms with Crippen molar-refractivity contribution in [3.63, 3.8) is 0 Å². The van der Waals surface area contributed by atoms with Gasteiger partial charge in [0.25, 0.3) is 0 Å². The molecule has 1 aliphatic carbocycles. The minimum Gasteiger partial charge on any atom is -0.353 e. The monoisotopic (exact) mass is 288 g/mol. The lowest BCUT2D eigenvalue weighted by atomic mass is 9.90. The fraction of sp³-hybridized carbons (Fsp3) is 0.312. The van der Waals surface area contributed by atoms with Gasteiger partial charge in [0, 0.05) is 18.7 Å². The average Bonchev–Trinajstić information content (AvgIpc) is 2.89. The fourth-order valence-corrected chi connectivity index (χ4v) is 3.04. The van der Waals surface area contributed by atoms with Crippen molar-refractivity contribution in [3.8, 4) is 11.3 Å². The third-order valence-corrected chi connectivity index (χ3v) is 4.12. The quantitative estimate of drug-likeness (QED) is 0.865. The summed E-state index contributed by atoms with van der Waals surface area (Å²) in [5, 5.41) is 2.77. The highest BCUT2D eigenvalue weighted by Gasteiger charge is 2.22. The van der Waals surface area contributed by atoms with Crippen LogP contribution in [0, 0.1) is 0 Å². The predicted molar refractivity (Wildman–Crippen MR) is 80.8 cm³/mol. The van der Waals surface area contributed by atoms with Gasteiger partial charge >= 0.3 is 0 Å². The number of alkyl halides is 1. The van der Waals surface area contributed by atoms with Gasteiger partial charge in [-0.15, -0.1) is 0 Å². The molecule has 0 bridgehead atoms. The number of halogens is 1. The summed E-state index contributed by atoms with van der Waals surface area (Å²) in [7, 11) is 0. The number of carbonyl (C=O) groups is 1. The van der Waals surface area contributed by atoms with Crippen LogP contribution in [0.25, 0.3) is 11.3 Å². The standard InChI is InChI=1S/C16H17ClN2O/c1-11(20)18-10-15(17)19-9-8-13-7-6-12-4-2-3-5-14(12)16(13)19/h2-5,8-9,15H,6-7,10H2,1H3,(H,18,20). The number of hydrogen-bond acceptors (Lipinski definition) is 1. The Kier molecular flexibility index (Phi) is 3.53. The van der Waals surface area contributed by atoms with Gasteiger partial charge in [0.2, 0.25) is 5.91 Å². The highest BCUT2D eigenvalue weighted by Crippen LogP contribution is 2.36. The Hall–Kier alpha value is -1.74. The van der Waals surface area contributed by atoms with Crippen LogP contribution in [-0.2, 0) is 17.6 Å². The molecule has 3 rings (SSSR count). The number of amides is 1. The minimum absolute atomic E-state index is 0.0583. The Balaban J connectivity index is 1.97. The first-order valence-corrected chi connectivity index (χ1v) is 7.27. The number of fused-ring (bicyclic) bond motifs is 3. The molecule has 1 aromatic carbocycles. The topological polar surface area (TPSA) is 34.0 Å². The van der Waals surface area contributed by atoms with Crippen LogP contribution < -0.4 is 5.32 Å². The van der Waals surface area contributed by atoms with Gasteiger partial charge in [-0.3, -0.25) is 4.79 Å². The van der Waals surface area contributed by atoms with E-state index in [0.717, 1.165) is 12.8 Å². The van der Waals surface area contributed by atoms with Crippen molar-refractivity contribution in [3.05, 3.63) is 47.7 Å². The molecule has 3 nitrogen and oxygen atoms in total. The maximum absolute atomic E-state index is 11.0. The van der Waals surface area contributed by atoms with Crippen molar-refractivity contribution in [2.45, 2.75) is 25.3 Å². The lowest BCUT2D eigenvalue weighted by Gasteiger charge is -2.22. The fourth-order valence-electron chi connectivity index (χ4n) is 2.80. The van der Waals surface area contributed by atoms with Gasteiger partial charge in [-0.25, -0.2) is 0 Å². The number of hydrogen-bond donors (Lipinski definition) is 1. The lowest BCUT2D eigenvalue weighted by Crippen LogP contribution is -2.26. The molecule has 1 aromatic heterocycles. The highest BCUT2D eigenvalue weighted by molar-refractivity contribution is 6.19. The van der Waals surface area contributed by atoms with E-state index >= 15 is 0 Å². The zero-order chi connectivity index (χ0) is 14.1. The summed E-state index contributed by atoms with van der Waals surface area (Å²) in [6.45, 7) is 1.93. The number of rotatable bonds is 3. The molecular weight excluding hydrogens is 272 g/mol. The second kappa shape index (κ2) is 5.33. The van der Waals surface area contributed by atoms with Gasteiger partial charge in [0.15, 0.2) is 0 Å². The van der Waals surface area contributed by atoms with Crippen LogP contribution in [0.1, 0.15) is 23.6 Å². The maximum Gasteiger partial charge on any atom is 0.216 e. The van der Waals surface area contributed by atoms with E-state index in [0.29, 0.717) is 6.54 Å². The summed E-state index contributed by atoms with van der Waals surface area (Å²) in [5.74, 6) is -0.0583. The molecular formula is C16H17ClN2O. The molecule has 4 heteroatoms. The third kappa shape index (κ3) is 2.34. The van der Waals surface area contributed by atoms with E-state index in [-0.39, 0.29) is 11.4 Å². The summed E-state index contributed by atoms with van der Waals surface area (Å²) in [5.41, 5.74) is 4.87. The first-order valence-electron chi connectivity index (χ1n) is 6.83. The third-order valence-electron chi connectivity index (χ3n) is 3.76. The number of benzene rings is 1. The molecule has 1 aliphatic rings. The Morgan fingerprint density at radius 2 is 2.05 bits per heavy atom. The van der Waals surface area contributed by atoms with Crippen LogP contribution in [-0.4, -0.2) is 17.0 Å². The molecule has 20 heavy (non-hydrogen) atoms. The normalized spacial score (nSPS) is 14.3. The molecule has 1 amide bonds. The Labute approximate surface area is 123 Å². The maximum atomic E-state index is 11.0. The van der Waals surface area contributed by atoms with Crippen LogP contribution >= 0.6 is 11.6 Å². The largest absolute Gasteiger partial charge is 0.353 e. The van der Waals surface area contributed by atoms with Crippen molar-refractivity contribution >= 4 is 17.5 Å². The lowest BCUT2D eigenvalue weighted by molar-refractivity contribution is -0.119. The summed E-state index contributed by atoms with van der Waals surface area (Å²) < 4.78 is 2.06. The van der Waals surface area contributed by atoms with Crippen LogP contribution in [0.15, 0.2) is 36.5 Å². The average molecular weight is 289 g/mol. The number of aryl methyl sites for hydroxylation is 2. The number of aromatic nitrogens is 1. The smallest absolute Gasteiger partial charge is 0.216 e. The predicted octanol–water partition coefficient (Wildman–Crippen LogP) is 3.13. The molecule has 2 aromatic rings. The molecule has 1 heterocycles. The second-order valence-corrected chi connectivity index (χ2v) is 5.63. The molecule has 104 valence electrons. The van der Waals surface area contributed by atoms with E-state index in [9.17, 15) is 4.79 Å². The van der Waals surface area contributed by atoms with Gasteiger partial charge in [0.1, 0.15) is 5.50 Å². The van der Waals surface area contributed by atoms with Gasteiger partial charge < -0.3 is 9.88 Å². The minimum atomic E-state index is -0.270. The van der Waals surface area contributed by atoms with Gasteiger partial charge in [0.05, 0.1) is 12.2 Å². The Morgan fingerprint density at radius 3 is 2.85 bits per heavy atom. The summed E-state index contributed by atoms with van der Waals surface area (Å²) >= 11 is 6.44. The van der Waals surface area contributed by atoms with Gasteiger partial charge in [-0.05, 0) is 30.0 Å². The van der Waals surface area contributed by atoms with E-state index in [1.807, 2.05) is 6.20 Å². The Bertz CT molecular complexity index is 648. The van der Waals surface area contributed by atoms with Crippen LogP contribution in [0.3, 0.4) is 0 Å². The molecule has 0 saturated carbocycles. The number of nitrogens with zero attached hydrogens (tertiary/aromatic N) is 1. The van der Waals surface area contributed by atoms with E-state index in [4.69, 9.17) is 11.6 Å². The molecule has 0 fully saturated rings. The van der Waals surface area contributed by atoms with E-state index in [1.165, 1.54) is 29.3 Å². The van der Waals surface area contributed by atoms with Crippen LogP contribution in [0.5, 0.6) is 0 Å². The van der Waals surface area contributed by atoms with E-state index in [1.54, 1.807) is 0 Å². The number of nitrogens with one attached hydrogen (secondary N) is 1. The SMILES string of the molecule is CC(=O)NCC(Cl)n1ccc2c1-c1ccccc1CC2. The summed E-state index contributed by atoms with van der Waals surface area (Å²) in [6, 6.07) is 10.6. The Morgan fingerprint density at radius 1 is 1.30 bits per heavy atom. The first-order chi connectivity index (χ1) is 9.66. The van der Waals surface area contributed by atoms with Crippen molar-refractivity contribution in [2.24, 2.45) is 0 Å². The number of carbonyl (C=O) groups excluding carboxylic acids is 1. The van der Waals surface area contributed by atoms with Crippen molar-refractivity contribution in [1.82, 2.24) is 9.88 Å². The van der Waals surface area contributed by atoms with Gasteiger partial charge in [-0.1, -0.05) is 35.9 Å². The van der Waals surface area contributed by atoms with E-state index < -0.39 is 0 Å². The van der Waals surface area contributed by atoms with Crippen molar-refractivity contribution in [2.75, 3.05) is 6.54 Å². The van der Waals surface area contributed by atoms with Crippen LogP contribution in [0.2, 0.25) is 0 Å². The molecule has 0 radical (unpaired) electrons.